The van der Waals surface area contributed by atoms with Crippen molar-refractivity contribution in [2.75, 3.05) is 6.54 Å². The molecule has 0 spiro atoms. The highest BCUT2D eigenvalue weighted by Crippen LogP contribution is 2.27. The van der Waals surface area contributed by atoms with Crippen LogP contribution >= 0.6 is 0 Å². The molecule has 1 aliphatic rings. The highest BCUT2D eigenvalue weighted by molar-refractivity contribution is 5.81. The minimum atomic E-state index is 0.771. The summed E-state index contributed by atoms with van der Waals surface area (Å²) in [5.74, 6) is 2.58. The molecule has 0 saturated carbocycles. The van der Waals surface area contributed by atoms with Crippen molar-refractivity contribution >= 4 is 11.0 Å². The van der Waals surface area contributed by atoms with Crippen molar-refractivity contribution in [2.24, 2.45) is 0 Å². The molecule has 0 atom stereocenters. The van der Waals surface area contributed by atoms with Crippen LogP contribution in [-0.2, 0) is 13.1 Å². The zero-order chi connectivity index (χ0) is 11.9. The van der Waals surface area contributed by atoms with Crippen LogP contribution in [0.3, 0.4) is 0 Å². The van der Waals surface area contributed by atoms with Crippen LogP contribution in [0.25, 0.3) is 22.6 Å². The fourth-order valence-electron chi connectivity index (χ4n) is 2.37. The Hall–Kier alpha value is -2.14. The van der Waals surface area contributed by atoms with Crippen LogP contribution in [0.15, 0.2) is 34.7 Å². The Morgan fingerprint density at radius 3 is 3.11 bits per heavy atom. The Morgan fingerprint density at radius 2 is 2.17 bits per heavy atom. The summed E-state index contributed by atoms with van der Waals surface area (Å²) < 4.78 is 7.95. The molecule has 0 aliphatic carbocycles. The van der Waals surface area contributed by atoms with Crippen LogP contribution in [0, 0.1) is 0 Å². The van der Waals surface area contributed by atoms with Crippen molar-refractivity contribution in [3.8, 4) is 11.6 Å². The largest absolute Gasteiger partial charge is 0.453 e. The van der Waals surface area contributed by atoms with Crippen LogP contribution in [0.2, 0.25) is 0 Å². The zero-order valence-corrected chi connectivity index (χ0v) is 9.76. The average Bonchev–Trinajstić information content (AvgIpc) is 3.02. The Morgan fingerprint density at radius 1 is 1.22 bits per heavy atom. The first-order valence-corrected chi connectivity index (χ1v) is 6.03. The first-order chi connectivity index (χ1) is 8.92. The van der Waals surface area contributed by atoms with Crippen molar-refractivity contribution in [3.63, 3.8) is 0 Å². The van der Waals surface area contributed by atoms with E-state index in [1.165, 1.54) is 0 Å². The first-order valence-electron chi connectivity index (χ1n) is 6.03. The number of furan rings is 1. The second-order valence-electron chi connectivity index (χ2n) is 4.42. The lowest BCUT2D eigenvalue weighted by Gasteiger charge is -2.14. The minimum Gasteiger partial charge on any atom is -0.453 e. The van der Waals surface area contributed by atoms with Gasteiger partial charge in [-0.05, 0) is 12.1 Å². The van der Waals surface area contributed by atoms with Gasteiger partial charge in [-0.15, -0.1) is 10.2 Å². The molecule has 1 N–H and O–H groups in total. The summed E-state index contributed by atoms with van der Waals surface area (Å²) in [4.78, 5) is 0. The van der Waals surface area contributed by atoms with E-state index in [0.717, 1.165) is 48.0 Å². The predicted molar refractivity (Wildman–Crippen MR) is 66.9 cm³/mol. The summed E-state index contributed by atoms with van der Waals surface area (Å²) in [7, 11) is 0. The van der Waals surface area contributed by atoms with Gasteiger partial charge in [-0.1, -0.05) is 18.2 Å². The van der Waals surface area contributed by atoms with Gasteiger partial charge in [-0.2, -0.15) is 0 Å². The van der Waals surface area contributed by atoms with Gasteiger partial charge in [0.15, 0.2) is 11.6 Å². The number of nitrogens with zero attached hydrogens (tertiary/aromatic N) is 3. The molecule has 4 rings (SSSR count). The highest BCUT2D eigenvalue weighted by Gasteiger charge is 2.19. The fraction of sp³-hybridized carbons (Fsp3) is 0.231. The maximum absolute atomic E-state index is 5.83. The lowest BCUT2D eigenvalue weighted by atomic mass is 10.2. The SMILES string of the molecule is c1ccc2oc(-c3nnc4n3CCNC4)cc2c1. The molecule has 0 unspecified atom stereocenters. The molecule has 0 radical (unpaired) electrons. The standard InChI is InChI=1S/C13H12N4O/c1-2-4-10-9(3-1)7-11(18-10)13-16-15-12-8-14-5-6-17(12)13/h1-4,7,14H,5-6,8H2. The minimum absolute atomic E-state index is 0.771. The van der Waals surface area contributed by atoms with Crippen LogP contribution in [0.5, 0.6) is 0 Å². The third-order valence-corrected chi connectivity index (χ3v) is 3.27. The van der Waals surface area contributed by atoms with E-state index in [1.807, 2.05) is 30.3 Å². The third kappa shape index (κ3) is 1.37. The van der Waals surface area contributed by atoms with E-state index >= 15 is 0 Å². The molecule has 1 aromatic carbocycles. The van der Waals surface area contributed by atoms with E-state index in [1.54, 1.807) is 0 Å². The van der Waals surface area contributed by atoms with Crippen molar-refractivity contribution in [2.45, 2.75) is 13.1 Å². The van der Waals surface area contributed by atoms with E-state index < -0.39 is 0 Å². The first kappa shape index (κ1) is 9.85. The van der Waals surface area contributed by atoms with Crippen LogP contribution < -0.4 is 5.32 Å². The maximum atomic E-state index is 5.83. The Kier molecular flexibility index (Phi) is 2.01. The van der Waals surface area contributed by atoms with E-state index in [-0.39, 0.29) is 0 Å². The number of rotatable bonds is 1. The molecule has 18 heavy (non-hydrogen) atoms. The van der Waals surface area contributed by atoms with Gasteiger partial charge in [0.1, 0.15) is 11.4 Å². The molecular formula is C13H12N4O. The van der Waals surface area contributed by atoms with Gasteiger partial charge in [0, 0.05) is 18.5 Å². The summed E-state index contributed by atoms with van der Waals surface area (Å²) in [6, 6.07) is 10.0. The van der Waals surface area contributed by atoms with E-state index in [9.17, 15) is 0 Å². The normalized spacial score (nSPS) is 14.9. The quantitative estimate of drug-likeness (QED) is 0.704. The Balaban J connectivity index is 1.89. The summed E-state index contributed by atoms with van der Waals surface area (Å²) in [6.07, 6.45) is 0. The number of hydrogen-bond donors (Lipinski definition) is 1. The summed E-state index contributed by atoms with van der Waals surface area (Å²) in [6.45, 7) is 2.60. The summed E-state index contributed by atoms with van der Waals surface area (Å²) in [5, 5.41) is 12.8. The summed E-state index contributed by atoms with van der Waals surface area (Å²) in [5.41, 5.74) is 0.888. The Bertz CT molecular complexity index is 680. The van der Waals surface area contributed by atoms with Gasteiger partial charge in [0.25, 0.3) is 0 Å². The molecular weight excluding hydrogens is 228 g/mol. The number of para-hydroxylation sites is 1. The van der Waals surface area contributed by atoms with E-state index in [2.05, 4.69) is 20.1 Å². The monoisotopic (exact) mass is 240 g/mol. The lowest BCUT2D eigenvalue weighted by Crippen LogP contribution is -2.28. The molecule has 90 valence electrons. The average molecular weight is 240 g/mol. The van der Waals surface area contributed by atoms with Gasteiger partial charge in [0.05, 0.1) is 6.54 Å². The molecule has 0 amide bonds. The van der Waals surface area contributed by atoms with E-state index in [0.29, 0.717) is 0 Å². The predicted octanol–water partition coefficient (Wildman–Crippen LogP) is 1.79. The molecule has 2 aromatic heterocycles. The molecule has 5 heteroatoms. The smallest absolute Gasteiger partial charge is 0.199 e. The molecule has 3 aromatic rings. The number of hydrogen-bond acceptors (Lipinski definition) is 4. The van der Waals surface area contributed by atoms with Crippen LogP contribution in [0.1, 0.15) is 5.82 Å². The van der Waals surface area contributed by atoms with E-state index in [4.69, 9.17) is 4.42 Å². The van der Waals surface area contributed by atoms with Gasteiger partial charge < -0.3 is 14.3 Å². The van der Waals surface area contributed by atoms with Gasteiger partial charge >= 0.3 is 0 Å². The van der Waals surface area contributed by atoms with Crippen molar-refractivity contribution in [1.82, 2.24) is 20.1 Å². The number of aromatic nitrogens is 3. The summed E-state index contributed by atoms with van der Waals surface area (Å²) >= 11 is 0. The lowest BCUT2D eigenvalue weighted by molar-refractivity contribution is 0.503. The topological polar surface area (TPSA) is 55.9 Å². The van der Waals surface area contributed by atoms with Crippen LogP contribution in [0.4, 0.5) is 0 Å². The van der Waals surface area contributed by atoms with Gasteiger partial charge in [-0.3, -0.25) is 0 Å². The third-order valence-electron chi connectivity index (χ3n) is 3.27. The number of fused-ring (bicyclic) bond motifs is 2. The second-order valence-corrected chi connectivity index (χ2v) is 4.42. The van der Waals surface area contributed by atoms with Gasteiger partial charge in [0.2, 0.25) is 0 Å². The molecule has 0 saturated heterocycles. The molecule has 3 heterocycles. The molecule has 0 bridgehead atoms. The van der Waals surface area contributed by atoms with Crippen molar-refractivity contribution < 1.29 is 4.42 Å². The number of benzene rings is 1. The second kappa shape index (κ2) is 3.68. The van der Waals surface area contributed by atoms with Crippen LogP contribution in [-0.4, -0.2) is 21.3 Å². The molecule has 5 nitrogen and oxygen atoms in total. The highest BCUT2D eigenvalue weighted by atomic mass is 16.3. The van der Waals surface area contributed by atoms with Crippen molar-refractivity contribution in [1.29, 1.82) is 0 Å². The molecule has 1 aliphatic heterocycles. The maximum Gasteiger partial charge on any atom is 0.199 e. The van der Waals surface area contributed by atoms with Crippen molar-refractivity contribution in [3.05, 3.63) is 36.2 Å². The fourth-order valence-corrected chi connectivity index (χ4v) is 2.37. The number of nitrogens with one attached hydrogen (secondary N) is 1. The molecule has 0 fully saturated rings. The Labute approximate surface area is 103 Å². The zero-order valence-electron chi connectivity index (χ0n) is 9.76. The van der Waals surface area contributed by atoms with Gasteiger partial charge in [-0.25, -0.2) is 0 Å².